The van der Waals surface area contributed by atoms with Gasteiger partial charge in [-0.25, -0.2) is 5.43 Å². The van der Waals surface area contributed by atoms with E-state index < -0.39 is 0 Å². The number of carbonyl (C=O) groups excluding carboxylic acids is 1. The molecule has 0 aliphatic rings. The number of amides is 1. The number of hydrogen-bond acceptors (Lipinski definition) is 2. The van der Waals surface area contributed by atoms with Gasteiger partial charge in [-0.15, -0.1) is 0 Å². The fourth-order valence-electron chi connectivity index (χ4n) is 2.15. The lowest BCUT2D eigenvalue weighted by molar-refractivity contribution is 0.0955. The smallest absolute Gasteiger partial charge is 0.267 e. The Balaban J connectivity index is 1.72. The number of rotatable bonds is 3. The summed E-state index contributed by atoms with van der Waals surface area (Å²) in [6.45, 7) is 0. The second kappa shape index (κ2) is 6.82. The molecule has 3 nitrogen and oxygen atoms in total. The Bertz CT molecular complexity index is 906. The summed E-state index contributed by atoms with van der Waals surface area (Å²) in [7, 11) is 0. The van der Waals surface area contributed by atoms with Crippen LogP contribution in [0, 0.1) is 0 Å². The Morgan fingerprint density at radius 1 is 0.913 bits per heavy atom. The van der Waals surface area contributed by atoms with Crippen molar-refractivity contribution in [1.82, 2.24) is 5.43 Å². The second-order valence-electron chi connectivity index (χ2n) is 4.93. The Labute approximate surface area is 143 Å². The van der Waals surface area contributed by atoms with E-state index in [0.29, 0.717) is 15.6 Å². The van der Waals surface area contributed by atoms with Gasteiger partial charge in [-0.2, -0.15) is 5.10 Å². The van der Waals surface area contributed by atoms with Crippen molar-refractivity contribution < 1.29 is 4.79 Å². The molecule has 0 radical (unpaired) electrons. The number of nitrogens with zero attached hydrogens (tertiary/aromatic N) is 1. The predicted molar refractivity (Wildman–Crippen MR) is 95.5 cm³/mol. The van der Waals surface area contributed by atoms with E-state index in [1.54, 1.807) is 24.3 Å². The van der Waals surface area contributed by atoms with Crippen LogP contribution < -0.4 is 5.43 Å². The molecule has 3 rings (SSSR count). The third-order valence-corrected chi connectivity index (χ3v) is 4.07. The lowest BCUT2D eigenvalue weighted by Crippen LogP contribution is -2.17. The van der Waals surface area contributed by atoms with Crippen molar-refractivity contribution in [2.45, 2.75) is 0 Å². The van der Waals surface area contributed by atoms with E-state index in [1.807, 2.05) is 36.4 Å². The van der Waals surface area contributed by atoms with Crippen LogP contribution in [0.4, 0.5) is 0 Å². The summed E-state index contributed by atoms with van der Waals surface area (Å²) in [6.07, 6.45) is 1.52. The quantitative estimate of drug-likeness (QED) is 0.533. The Morgan fingerprint density at radius 2 is 1.70 bits per heavy atom. The molecule has 3 aromatic carbocycles. The van der Waals surface area contributed by atoms with Crippen LogP contribution in [0.1, 0.15) is 15.9 Å². The van der Waals surface area contributed by atoms with Gasteiger partial charge in [-0.3, -0.25) is 4.79 Å². The van der Waals surface area contributed by atoms with E-state index >= 15 is 0 Å². The molecule has 0 unspecified atom stereocenters. The van der Waals surface area contributed by atoms with Gasteiger partial charge in [0.05, 0.1) is 16.3 Å². The molecule has 0 saturated heterocycles. The van der Waals surface area contributed by atoms with Crippen LogP contribution in [-0.4, -0.2) is 12.1 Å². The molecule has 0 aliphatic carbocycles. The van der Waals surface area contributed by atoms with Crippen molar-refractivity contribution in [2.24, 2.45) is 5.10 Å². The summed E-state index contributed by atoms with van der Waals surface area (Å²) >= 11 is 11.8. The molecule has 0 atom stereocenters. The highest BCUT2D eigenvalue weighted by atomic mass is 35.5. The zero-order chi connectivity index (χ0) is 16.2. The predicted octanol–water partition coefficient (Wildman–Crippen LogP) is 4.91. The van der Waals surface area contributed by atoms with Gasteiger partial charge in [0.1, 0.15) is 0 Å². The van der Waals surface area contributed by atoms with E-state index in [1.165, 1.54) is 6.21 Å². The van der Waals surface area contributed by atoms with E-state index in [2.05, 4.69) is 10.5 Å². The molecule has 114 valence electrons. The van der Waals surface area contributed by atoms with Crippen LogP contribution >= 0.6 is 23.2 Å². The van der Waals surface area contributed by atoms with Crippen LogP contribution in [0.2, 0.25) is 10.0 Å². The molecule has 0 bridgehead atoms. The molecule has 0 aliphatic heterocycles. The molecule has 23 heavy (non-hydrogen) atoms. The average Bonchev–Trinajstić information content (AvgIpc) is 2.57. The van der Waals surface area contributed by atoms with Crippen molar-refractivity contribution in [3.05, 3.63) is 81.8 Å². The highest BCUT2D eigenvalue weighted by Gasteiger charge is 2.05. The lowest BCUT2D eigenvalue weighted by Gasteiger charge is -2.02. The first kappa shape index (κ1) is 15.5. The first-order valence-electron chi connectivity index (χ1n) is 6.91. The fourth-order valence-corrected chi connectivity index (χ4v) is 2.46. The number of hydrogen-bond donors (Lipinski definition) is 1. The van der Waals surface area contributed by atoms with E-state index in [9.17, 15) is 4.79 Å². The topological polar surface area (TPSA) is 41.5 Å². The molecule has 1 N–H and O–H groups in total. The van der Waals surface area contributed by atoms with Gasteiger partial charge in [0.25, 0.3) is 5.91 Å². The maximum absolute atomic E-state index is 12.1. The van der Waals surface area contributed by atoms with Crippen molar-refractivity contribution in [2.75, 3.05) is 0 Å². The number of benzene rings is 3. The number of fused-ring (bicyclic) bond motifs is 1. The largest absolute Gasteiger partial charge is 0.271 e. The number of hydrazone groups is 1. The van der Waals surface area contributed by atoms with Crippen molar-refractivity contribution in [1.29, 1.82) is 0 Å². The van der Waals surface area contributed by atoms with Crippen LogP contribution in [0.15, 0.2) is 65.8 Å². The van der Waals surface area contributed by atoms with Crippen LogP contribution in [0.25, 0.3) is 10.8 Å². The Hall–Kier alpha value is -2.36. The molecule has 0 spiro atoms. The molecule has 0 fully saturated rings. The molecule has 0 heterocycles. The number of carbonyl (C=O) groups is 1. The standard InChI is InChI=1S/C18H12Cl2N2O/c19-16-8-5-12(9-17(16)20)11-21-22-18(23)15-7-6-13-3-1-2-4-14(13)10-15/h1-11H,(H,22,23)/b21-11-. The normalized spacial score (nSPS) is 11.0. The molecular formula is C18H12Cl2N2O. The summed E-state index contributed by atoms with van der Waals surface area (Å²) in [4.78, 5) is 12.1. The first-order chi connectivity index (χ1) is 11.1. The molecular weight excluding hydrogens is 331 g/mol. The first-order valence-corrected chi connectivity index (χ1v) is 7.66. The minimum Gasteiger partial charge on any atom is -0.267 e. The maximum atomic E-state index is 12.1. The Morgan fingerprint density at radius 3 is 2.48 bits per heavy atom. The van der Waals surface area contributed by atoms with Crippen LogP contribution in [0.5, 0.6) is 0 Å². The number of halogens is 2. The molecule has 0 saturated carbocycles. The maximum Gasteiger partial charge on any atom is 0.271 e. The average molecular weight is 343 g/mol. The summed E-state index contributed by atoms with van der Waals surface area (Å²) in [6, 6.07) is 18.5. The van der Waals surface area contributed by atoms with E-state index in [4.69, 9.17) is 23.2 Å². The highest BCUT2D eigenvalue weighted by Crippen LogP contribution is 2.21. The highest BCUT2D eigenvalue weighted by molar-refractivity contribution is 6.42. The van der Waals surface area contributed by atoms with Crippen LogP contribution in [0.3, 0.4) is 0 Å². The van der Waals surface area contributed by atoms with E-state index in [0.717, 1.165) is 16.3 Å². The lowest BCUT2D eigenvalue weighted by atomic mass is 10.1. The summed E-state index contributed by atoms with van der Waals surface area (Å²) < 4.78 is 0. The number of nitrogens with one attached hydrogen (secondary N) is 1. The van der Waals surface area contributed by atoms with Gasteiger partial charge in [-0.1, -0.05) is 59.6 Å². The molecule has 1 amide bonds. The third-order valence-electron chi connectivity index (χ3n) is 3.34. The van der Waals surface area contributed by atoms with Gasteiger partial charge < -0.3 is 0 Å². The summed E-state index contributed by atoms with van der Waals surface area (Å²) in [5.41, 5.74) is 3.80. The monoisotopic (exact) mass is 342 g/mol. The van der Waals surface area contributed by atoms with Gasteiger partial charge in [0.15, 0.2) is 0 Å². The zero-order valence-corrected chi connectivity index (χ0v) is 13.5. The van der Waals surface area contributed by atoms with E-state index in [-0.39, 0.29) is 5.91 Å². The minimum atomic E-state index is -0.271. The van der Waals surface area contributed by atoms with Gasteiger partial charge in [0, 0.05) is 5.56 Å². The van der Waals surface area contributed by atoms with Crippen molar-refractivity contribution >= 4 is 46.1 Å². The fraction of sp³-hybridized carbons (Fsp3) is 0. The molecule has 3 aromatic rings. The SMILES string of the molecule is O=C(N/N=C\c1ccc(Cl)c(Cl)c1)c1ccc2ccccc2c1. The van der Waals surface area contributed by atoms with Crippen molar-refractivity contribution in [3.8, 4) is 0 Å². The van der Waals surface area contributed by atoms with Crippen LogP contribution in [-0.2, 0) is 0 Å². The molecule has 5 heteroatoms. The Kier molecular flexibility index (Phi) is 4.60. The minimum absolute atomic E-state index is 0.271. The third kappa shape index (κ3) is 3.70. The zero-order valence-electron chi connectivity index (χ0n) is 12.0. The van der Waals surface area contributed by atoms with Gasteiger partial charge >= 0.3 is 0 Å². The molecule has 0 aromatic heterocycles. The van der Waals surface area contributed by atoms with Crippen molar-refractivity contribution in [3.63, 3.8) is 0 Å². The summed E-state index contributed by atoms with van der Waals surface area (Å²) in [5, 5.41) is 6.95. The van der Waals surface area contributed by atoms with Gasteiger partial charge in [0.2, 0.25) is 0 Å². The summed E-state index contributed by atoms with van der Waals surface area (Å²) in [5.74, 6) is -0.271. The second-order valence-corrected chi connectivity index (χ2v) is 5.75. The van der Waals surface area contributed by atoms with Gasteiger partial charge in [-0.05, 0) is 40.6 Å².